The molecule has 6 rings (SSSR count). The quantitative estimate of drug-likeness (QED) is 0.319. The molecule has 0 aliphatic rings. The van der Waals surface area contributed by atoms with Gasteiger partial charge in [0.25, 0.3) is 0 Å². The summed E-state index contributed by atoms with van der Waals surface area (Å²) in [6, 6.07) is 31.6. The second-order valence-corrected chi connectivity index (χ2v) is 7.15. The zero-order chi connectivity index (χ0) is 19.2. The van der Waals surface area contributed by atoms with Crippen molar-refractivity contribution in [2.24, 2.45) is 0 Å². The second-order valence-electron chi connectivity index (χ2n) is 7.15. The molecule has 0 bridgehead atoms. The number of benzene rings is 4. The van der Waals surface area contributed by atoms with Crippen molar-refractivity contribution in [3.05, 3.63) is 103 Å². The summed E-state index contributed by atoms with van der Waals surface area (Å²) in [5.41, 5.74) is 1.08. The molecular weight excluding hydrogens is 354 g/mol. The zero-order valence-corrected chi connectivity index (χ0v) is 15.7. The molecule has 0 fully saturated rings. The van der Waals surface area contributed by atoms with E-state index < -0.39 is 0 Å². The third-order valence-electron chi connectivity index (χ3n) is 5.50. The van der Waals surface area contributed by atoms with Crippen molar-refractivity contribution in [1.82, 2.24) is 9.97 Å². The minimum atomic E-state index is 0.848. The van der Waals surface area contributed by atoms with E-state index in [0.717, 1.165) is 17.3 Å². The van der Waals surface area contributed by atoms with Crippen LogP contribution in [-0.2, 0) is 0 Å². The molecule has 136 valence electrons. The molecule has 4 aromatic carbocycles. The van der Waals surface area contributed by atoms with Crippen molar-refractivity contribution < 1.29 is 0 Å². The van der Waals surface area contributed by atoms with Crippen LogP contribution < -0.4 is 4.90 Å². The highest BCUT2D eigenvalue weighted by molar-refractivity contribution is 6.25. The predicted octanol–water partition coefficient (Wildman–Crippen LogP) is 6.84. The van der Waals surface area contributed by atoms with Crippen molar-refractivity contribution in [1.29, 1.82) is 0 Å². The van der Waals surface area contributed by atoms with Crippen molar-refractivity contribution in [3.8, 4) is 0 Å². The van der Waals surface area contributed by atoms with E-state index in [0.29, 0.717) is 0 Å². The molecule has 3 heteroatoms. The normalized spacial score (nSPS) is 11.4. The monoisotopic (exact) mass is 371 g/mol. The third kappa shape index (κ3) is 2.44. The van der Waals surface area contributed by atoms with Crippen LogP contribution in [0.15, 0.2) is 103 Å². The number of anilines is 3. The van der Waals surface area contributed by atoms with Crippen molar-refractivity contribution in [2.75, 3.05) is 4.90 Å². The maximum atomic E-state index is 4.63. The number of hydrogen-bond acceptors (Lipinski definition) is 3. The maximum absolute atomic E-state index is 4.63. The summed E-state index contributed by atoms with van der Waals surface area (Å²) in [5.74, 6) is 1.70. The molecule has 0 aliphatic carbocycles. The molecule has 29 heavy (non-hydrogen) atoms. The first-order chi connectivity index (χ1) is 14.4. The Balaban J connectivity index is 1.72. The molecule has 3 nitrogen and oxygen atoms in total. The second kappa shape index (κ2) is 6.28. The predicted molar refractivity (Wildman–Crippen MR) is 120 cm³/mol. The van der Waals surface area contributed by atoms with Crippen LogP contribution in [0.3, 0.4) is 0 Å². The summed E-state index contributed by atoms with van der Waals surface area (Å²) < 4.78 is 0. The van der Waals surface area contributed by atoms with E-state index in [1.165, 1.54) is 32.3 Å². The SMILES string of the molecule is c1ccc(N(c2ccccn2)c2ccc3ccc4cccc5ccc2c3c45)nc1. The van der Waals surface area contributed by atoms with Crippen LogP contribution in [-0.4, -0.2) is 9.97 Å². The Morgan fingerprint density at radius 3 is 1.69 bits per heavy atom. The smallest absolute Gasteiger partial charge is 0.138 e. The van der Waals surface area contributed by atoms with Gasteiger partial charge in [0.1, 0.15) is 11.6 Å². The van der Waals surface area contributed by atoms with E-state index in [9.17, 15) is 0 Å². The van der Waals surface area contributed by atoms with Crippen LogP contribution in [0.5, 0.6) is 0 Å². The summed E-state index contributed by atoms with van der Waals surface area (Å²) in [6.07, 6.45) is 3.64. The van der Waals surface area contributed by atoms with Crippen LogP contribution in [0.2, 0.25) is 0 Å². The number of rotatable bonds is 3. The van der Waals surface area contributed by atoms with Gasteiger partial charge in [0.05, 0.1) is 5.69 Å². The Morgan fingerprint density at radius 2 is 1.07 bits per heavy atom. The Kier molecular flexibility index (Phi) is 3.47. The molecule has 0 spiro atoms. The van der Waals surface area contributed by atoms with Gasteiger partial charge in [-0.2, -0.15) is 0 Å². The maximum Gasteiger partial charge on any atom is 0.138 e. The van der Waals surface area contributed by atoms with Crippen molar-refractivity contribution >= 4 is 49.6 Å². The molecule has 0 amide bonds. The highest BCUT2D eigenvalue weighted by Crippen LogP contribution is 2.42. The average molecular weight is 371 g/mol. The molecule has 2 aromatic heterocycles. The first-order valence-electron chi connectivity index (χ1n) is 9.69. The fourth-order valence-corrected chi connectivity index (χ4v) is 4.25. The molecule has 0 saturated heterocycles. The van der Waals surface area contributed by atoms with E-state index >= 15 is 0 Å². The zero-order valence-electron chi connectivity index (χ0n) is 15.7. The van der Waals surface area contributed by atoms with E-state index in [1.807, 2.05) is 48.8 Å². The molecule has 0 atom stereocenters. The van der Waals surface area contributed by atoms with Crippen molar-refractivity contribution in [3.63, 3.8) is 0 Å². The molecule has 0 N–H and O–H groups in total. The Morgan fingerprint density at radius 1 is 0.483 bits per heavy atom. The minimum absolute atomic E-state index is 0.848. The van der Waals surface area contributed by atoms with Gasteiger partial charge in [-0.15, -0.1) is 0 Å². The van der Waals surface area contributed by atoms with E-state index in [-0.39, 0.29) is 0 Å². The van der Waals surface area contributed by atoms with E-state index in [1.54, 1.807) is 0 Å². The highest BCUT2D eigenvalue weighted by Gasteiger charge is 2.19. The first-order valence-corrected chi connectivity index (χ1v) is 9.69. The average Bonchev–Trinajstić information content (AvgIpc) is 2.80. The summed E-state index contributed by atoms with van der Waals surface area (Å²) >= 11 is 0. The Labute approximate surface area is 168 Å². The van der Waals surface area contributed by atoms with Crippen LogP contribution >= 0.6 is 0 Å². The van der Waals surface area contributed by atoms with Crippen LogP contribution in [0.1, 0.15) is 0 Å². The third-order valence-corrected chi connectivity index (χ3v) is 5.50. The molecule has 6 aromatic rings. The lowest BCUT2D eigenvalue weighted by molar-refractivity contribution is 1.13. The van der Waals surface area contributed by atoms with Gasteiger partial charge in [-0.3, -0.25) is 4.90 Å². The van der Waals surface area contributed by atoms with Crippen LogP contribution in [0, 0.1) is 0 Å². The van der Waals surface area contributed by atoms with Gasteiger partial charge in [0.15, 0.2) is 0 Å². The van der Waals surface area contributed by atoms with Crippen molar-refractivity contribution in [2.45, 2.75) is 0 Å². The standard InChI is InChI=1S/C26H17N3/c1-3-16-27-23(8-1)29(24-9-2-4-17-28-24)22-15-13-20-11-10-18-6-5-7-19-12-14-21(22)26(20)25(18)19/h1-17H. The summed E-state index contributed by atoms with van der Waals surface area (Å²) in [5, 5.41) is 7.57. The largest absolute Gasteiger partial charge is 0.278 e. The topological polar surface area (TPSA) is 29.0 Å². The minimum Gasteiger partial charge on any atom is -0.278 e. The number of aromatic nitrogens is 2. The lowest BCUT2D eigenvalue weighted by Gasteiger charge is -2.25. The summed E-state index contributed by atoms with van der Waals surface area (Å²) in [7, 11) is 0. The first kappa shape index (κ1) is 16.0. The van der Waals surface area contributed by atoms with Crippen LogP contribution in [0.25, 0.3) is 32.3 Å². The van der Waals surface area contributed by atoms with Gasteiger partial charge in [0, 0.05) is 17.8 Å². The highest BCUT2D eigenvalue weighted by atomic mass is 15.2. The fraction of sp³-hybridized carbons (Fsp3) is 0. The van der Waals surface area contributed by atoms with Gasteiger partial charge in [-0.1, -0.05) is 60.7 Å². The number of pyridine rings is 2. The molecule has 0 radical (unpaired) electrons. The molecule has 0 unspecified atom stereocenters. The molecular formula is C26H17N3. The van der Waals surface area contributed by atoms with E-state index in [4.69, 9.17) is 0 Å². The van der Waals surface area contributed by atoms with Gasteiger partial charge in [-0.25, -0.2) is 9.97 Å². The van der Waals surface area contributed by atoms with Gasteiger partial charge >= 0.3 is 0 Å². The number of nitrogens with zero attached hydrogens (tertiary/aromatic N) is 3. The lowest BCUT2D eigenvalue weighted by Crippen LogP contribution is -2.13. The number of hydrogen-bond donors (Lipinski definition) is 0. The summed E-state index contributed by atoms with van der Waals surface area (Å²) in [4.78, 5) is 11.4. The van der Waals surface area contributed by atoms with Gasteiger partial charge in [0.2, 0.25) is 0 Å². The molecule has 0 saturated carbocycles. The van der Waals surface area contributed by atoms with Gasteiger partial charge < -0.3 is 0 Å². The molecule has 2 heterocycles. The Bertz CT molecular complexity index is 1390. The fourth-order valence-electron chi connectivity index (χ4n) is 4.25. The Hall–Kier alpha value is -3.98. The molecule has 0 aliphatic heterocycles. The lowest BCUT2D eigenvalue weighted by atomic mass is 9.93. The van der Waals surface area contributed by atoms with Gasteiger partial charge in [-0.05, 0) is 57.3 Å². The van der Waals surface area contributed by atoms with Crippen LogP contribution in [0.4, 0.5) is 17.3 Å². The summed E-state index contributed by atoms with van der Waals surface area (Å²) in [6.45, 7) is 0. The van der Waals surface area contributed by atoms with E-state index in [2.05, 4.69) is 69.5 Å².